The van der Waals surface area contributed by atoms with Crippen LogP contribution in [0.1, 0.15) is 6.92 Å². The number of nitrogens with zero attached hydrogens (tertiary/aromatic N) is 1. The van der Waals surface area contributed by atoms with Crippen LogP contribution in [0.25, 0.3) is 0 Å². The number of methoxy groups -OCH3 is 1. The van der Waals surface area contributed by atoms with Gasteiger partial charge in [0.15, 0.2) is 15.9 Å². The third kappa shape index (κ3) is 3.42. The Labute approximate surface area is 106 Å². The first kappa shape index (κ1) is 14.9. The SMILES string of the molecule is COC(=O)C1CN(C(=O)C(C)S(C)(=O)=O)CCO1. The summed E-state index contributed by atoms with van der Waals surface area (Å²) >= 11 is 0. The van der Waals surface area contributed by atoms with Crippen molar-refractivity contribution in [2.45, 2.75) is 18.3 Å². The van der Waals surface area contributed by atoms with Crippen LogP contribution in [0.5, 0.6) is 0 Å². The van der Waals surface area contributed by atoms with Gasteiger partial charge in [-0.1, -0.05) is 0 Å². The maximum Gasteiger partial charge on any atom is 0.336 e. The van der Waals surface area contributed by atoms with Crippen LogP contribution in [0.4, 0.5) is 0 Å². The minimum absolute atomic E-state index is 0.0192. The lowest BCUT2D eigenvalue weighted by Gasteiger charge is -2.32. The minimum Gasteiger partial charge on any atom is -0.467 e. The molecular weight excluding hydrogens is 262 g/mol. The zero-order chi connectivity index (χ0) is 13.9. The van der Waals surface area contributed by atoms with E-state index in [1.165, 1.54) is 18.9 Å². The Balaban J connectivity index is 2.73. The number of hydrogen-bond donors (Lipinski definition) is 0. The van der Waals surface area contributed by atoms with Gasteiger partial charge in [0, 0.05) is 12.8 Å². The van der Waals surface area contributed by atoms with Crippen molar-refractivity contribution in [3.8, 4) is 0 Å². The zero-order valence-electron chi connectivity index (χ0n) is 10.6. The molecule has 0 aromatic carbocycles. The van der Waals surface area contributed by atoms with Crippen LogP contribution in [0, 0.1) is 0 Å². The fourth-order valence-electron chi connectivity index (χ4n) is 1.56. The number of rotatable bonds is 3. The van der Waals surface area contributed by atoms with Crippen molar-refractivity contribution in [1.29, 1.82) is 0 Å². The minimum atomic E-state index is -3.44. The van der Waals surface area contributed by atoms with Crippen molar-refractivity contribution < 1.29 is 27.5 Å². The van der Waals surface area contributed by atoms with Crippen LogP contribution in [0.15, 0.2) is 0 Å². The number of carbonyl (C=O) groups excluding carboxylic acids is 2. The number of esters is 1. The predicted octanol–water partition coefficient (Wildman–Crippen LogP) is -1.18. The molecule has 2 unspecified atom stereocenters. The molecule has 0 saturated carbocycles. The monoisotopic (exact) mass is 279 g/mol. The van der Waals surface area contributed by atoms with Gasteiger partial charge in [-0.05, 0) is 6.92 Å². The standard InChI is InChI=1S/C10H17NO6S/c1-7(18(3,14)15)9(12)11-4-5-17-8(6-11)10(13)16-2/h7-8H,4-6H2,1-3H3. The fourth-order valence-corrected chi connectivity index (χ4v) is 2.08. The average Bonchev–Trinajstić information content (AvgIpc) is 2.35. The Morgan fingerprint density at radius 2 is 2.06 bits per heavy atom. The number of hydrogen-bond acceptors (Lipinski definition) is 6. The van der Waals surface area contributed by atoms with Gasteiger partial charge in [0.1, 0.15) is 5.25 Å². The summed E-state index contributed by atoms with van der Waals surface area (Å²) < 4.78 is 32.3. The molecule has 0 radical (unpaired) electrons. The molecule has 1 fully saturated rings. The Kier molecular flexibility index (Phi) is 4.69. The molecule has 8 heteroatoms. The van der Waals surface area contributed by atoms with Crippen LogP contribution in [0.3, 0.4) is 0 Å². The van der Waals surface area contributed by atoms with Crippen molar-refractivity contribution in [2.24, 2.45) is 0 Å². The molecule has 18 heavy (non-hydrogen) atoms. The second-order valence-electron chi connectivity index (χ2n) is 4.14. The van der Waals surface area contributed by atoms with Gasteiger partial charge < -0.3 is 14.4 Å². The molecule has 0 aliphatic carbocycles. The summed E-state index contributed by atoms with van der Waals surface area (Å²) in [6.07, 6.45) is 0.160. The van der Waals surface area contributed by atoms with Crippen LogP contribution in [-0.2, 0) is 28.9 Å². The highest BCUT2D eigenvalue weighted by Crippen LogP contribution is 2.11. The lowest BCUT2D eigenvalue weighted by molar-refractivity contribution is -0.162. The molecule has 1 aliphatic heterocycles. The molecule has 0 bridgehead atoms. The Morgan fingerprint density at radius 3 is 2.56 bits per heavy atom. The largest absolute Gasteiger partial charge is 0.467 e. The molecule has 1 rings (SSSR count). The van der Waals surface area contributed by atoms with E-state index in [1.54, 1.807) is 0 Å². The van der Waals surface area contributed by atoms with Gasteiger partial charge >= 0.3 is 5.97 Å². The predicted molar refractivity (Wildman–Crippen MR) is 62.6 cm³/mol. The van der Waals surface area contributed by atoms with Crippen molar-refractivity contribution in [3.05, 3.63) is 0 Å². The van der Waals surface area contributed by atoms with Gasteiger partial charge in [0.05, 0.1) is 20.3 Å². The van der Waals surface area contributed by atoms with E-state index < -0.39 is 33.1 Å². The Hall–Kier alpha value is -1.15. The van der Waals surface area contributed by atoms with E-state index in [0.717, 1.165) is 6.26 Å². The molecule has 0 N–H and O–H groups in total. The Morgan fingerprint density at radius 1 is 1.44 bits per heavy atom. The quantitative estimate of drug-likeness (QED) is 0.604. The fraction of sp³-hybridized carbons (Fsp3) is 0.800. The third-order valence-corrected chi connectivity index (χ3v) is 4.32. The van der Waals surface area contributed by atoms with Gasteiger partial charge in [-0.25, -0.2) is 13.2 Å². The molecule has 0 aromatic rings. The van der Waals surface area contributed by atoms with Gasteiger partial charge in [-0.15, -0.1) is 0 Å². The summed E-state index contributed by atoms with van der Waals surface area (Å²) in [5.74, 6) is -1.09. The van der Waals surface area contributed by atoms with E-state index in [2.05, 4.69) is 4.74 Å². The van der Waals surface area contributed by atoms with Crippen molar-refractivity contribution in [1.82, 2.24) is 4.90 Å². The molecular formula is C10H17NO6S. The molecule has 7 nitrogen and oxygen atoms in total. The molecule has 2 atom stereocenters. The first-order valence-corrected chi connectivity index (χ1v) is 7.40. The van der Waals surface area contributed by atoms with Crippen LogP contribution < -0.4 is 0 Å². The smallest absolute Gasteiger partial charge is 0.336 e. The summed E-state index contributed by atoms with van der Waals surface area (Å²) in [4.78, 5) is 24.6. The van der Waals surface area contributed by atoms with E-state index in [4.69, 9.17) is 4.74 Å². The van der Waals surface area contributed by atoms with E-state index >= 15 is 0 Å². The van der Waals surface area contributed by atoms with Crippen molar-refractivity contribution >= 4 is 21.7 Å². The van der Waals surface area contributed by atoms with Crippen molar-refractivity contribution in [2.75, 3.05) is 33.1 Å². The van der Waals surface area contributed by atoms with Crippen LogP contribution >= 0.6 is 0 Å². The molecule has 1 saturated heterocycles. The average molecular weight is 279 g/mol. The molecule has 0 spiro atoms. The second kappa shape index (κ2) is 5.66. The highest BCUT2D eigenvalue weighted by Gasteiger charge is 2.34. The molecule has 104 valence electrons. The maximum atomic E-state index is 11.9. The number of ether oxygens (including phenoxy) is 2. The number of sulfone groups is 1. The lowest BCUT2D eigenvalue weighted by Crippen LogP contribution is -2.52. The van der Waals surface area contributed by atoms with Gasteiger partial charge in [0.2, 0.25) is 5.91 Å². The normalized spacial score (nSPS) is 22.4. The highest BCUT2D eigenvalue weighted by atomic mass is 32.2. The molecule has 0 aromatic heterocycles. The third-order valence-electron chi connectivity index (χ3n) is 2.83. The van der Waals surface area contributed by atoms with Crippen molar-refractivity contribution in [3.63, 3.8) is 0 Å². The van der Waals surface area contributed by atoms with Gasteiger partial charge in [-0.2, -0.15) is 0 Å². The lowest BCUT2D eigenvalue weighted by atomic mass is 10.2. The summed E-state index contributed by atoms with van der Waals surface area (Å²) in [5, 5.41) is -1.12. The highest BCUT2D eigenvalue weighted by molar-refractivity contribution is 7.92. The van der Waals surface area contributed by atoms with Crippen LogP contribution in [-0.4, -0.2) is 69.6 Å². The van der Waals surface area contributed by atoms with Gasteiger partial charge in [0.25, 0.3) is 0 Å². The number of morpholine rings is 1. The maximum absolute atomic E-state index is 11.9. The van der Waals surface area contributed by atoms with E-state index in [9.17, 15) is 18.0 Å². The molecule has 1 aliphatic rings. The summed E-state index contributed by atoms with van der Waals surface area (Å²) in [6.45, 7) is 1.81. The number of carbonyl (C=O) groups is 2. The van der Waals surface area contributed by atoms with E-state index in [-0.39, 0.29) is 19.7 Å². The van der Waals surface area contributed by atoms with E-state index in [0.29, 0.717) is 0 Å². The molecule has 1 heterocycles. The van der Waals surface area contributed by atoms with Crippen LogP contribution in [0.2, 0.25) is 0 Å². The summed E-state index contributed by atoms with van der Waals surface area (Å²) in [5.41, 5.74) is 0. The second-order valence-corrected chi connectivity index (χ2v) is 6.50. The first-order valence-electron chi connectivity index (χ1n) is 5.44. The topological polar surface area (TPSA) is 90.0 Å². The first-order chi connectivity index (χ1) is 8.27. The number of amides is 1. The Bertz CT molecular complexity index is 432. The summed E-state index contributed by atoms with van der Waals surface area (Å²) in [6, 6.07) is 0. The van der Waals surface area contributed by atoms with Gasteiger partial charge in [-0.3, -0.25) is 4.79 Å². The zero-order valence-corrected chi connectivity index (χ0v) is 11.4. The molecule has 1 amide bonds. The van der Waals surface area contributed by atoms with E-state index in [1.807, 2.05) is 0 Å². The summed E-state index contributed by atoms with van der Waals surface area (Å²) in [7, 11) is -2.22.